The Morgan fingerprint density at radius 3 is 2.32 bits per heavy atom. The molecule has 25 heavy (non-hydrogen) atoms. The van der Waals surface area contributed by atoms with Crippen molar-refractivity contribution in [3.05, 3.63) is 76.9 Å². The maximum atomic E-state index is 12.9. The number of nitrogens with one attached hydrogen (secondary N) is 2. The van der Waals surface area contributed by atoms with Crippen LogP contribution in [-0.4, -0.2) is 26.9 Å². The lowest BCUT2D eigenvalue weighted by molar-refractivity contribution is 0.100. The first-order chi connectivity index (χ1) is 12.0. The van der Waals surface area contributed by atoms with Crippen LogP contribution in [0.1, 0.15) is 39.0 Å². The molecule has 1 aromatic heterocycles. The molecule has 126 valence electrons. The van der Waals surface area contributed by atoms with Crippen LogP contribution < -0.4 is 5.32 Å². The van der Waals surface area contributed by atoms with Gasteiger partial charge < -0.3 is 0 Å². The molecule has 1 amide bonds. The van der Waals surface area contributed by atoms with Gasteiger partial charge in [-0.3, -0.25) is 20.0 Å². The summed E-state index contributed by atoms with van der Waals surface area (Å²) in [5.41, 5.74) is 1.81. The molecule has 2 aromatic carbocycles. The number of rotatable bonds is 5. The van der Waals surface area contributed by atoms with Gasteiger partial charge in [-0.25, -0.2) is 4.39 Å². The van der Waals surface area contributed by atoms with E-state index >= 15 is 0 Å². The van der Waals surface area contributed by atoms with Gasteiger partial charge in [0.1, 0.15) is 11.6 Å². The molecule has 0 aliphatic rings. The highest BCUT2D eigenvalue weighted by Gasteiger charge is 2.11. The lowest BCUT2D eigenvalue weighted by Gasteiger charge is -2.02. The van der Waals surface area contributed by atoms with Crippen LogP contribution in [0.4, 0.5) is 10.3 Å². The van der Waals surface area contributed by atoms with Gasteiger partial charge in [0.2, 0.25) is 5.95 Å². The SMILES string of the molecule is CC(=O)c1ccc(C(=O)Nc2n[nH]c(Cc3ccc(F)cc3)n2)cc1. The van der Waals surface area contributed by atoms with E-state index < -0.39 is 0 Å². The van der Waals surface area contributed by atoms with E-state index in [1.54, 1.807) is 36.4 Å². The molecule has 1 heterocycles. The third-order valence-corrected chi connectivity index (χ3v) is 3.60. The Balaban J connectivity index is 1.65. The summed E-state index contributed by atoms with van der Waals surface area (Å²) in [7, 11) is 0. The molecule has 3 rings (SSSR count). The van der Waals surface area contributed by atoms with Crippen LogP contribution in [0.5, 0.6) is 0 Å². The minimum Gasteiger partial charge on any atom is -0.295 e. The van der Waals surface area contributed by atoms with Gasteiger partial charge in [0.05, 0.1) is 0 Å². The van der Waals surface area contributed by atoms with Crippen LogP contribution in [0.3, 0.4) is 0 Å². The van der Waals surface area contributed by atoms with Gasteiger partial charge in [-0.15, -0.1) is 5.10 Å². The number of ketones is 1. The lowest BCUT2D eigenvalue weighted by atomic mass is 10.1. The number of Topliss-reactive ketones (excluding diaryl/α,β-unsaturated/α-hetero) is 1. The minimum atomic E-state index is -0.373. The van der Waals surface area contributed by atoms with Crippen molar-refractivity contribution in [3.8, 4) is 0 Å². The zero-order valence-electron chi connectivity index (χ0n) is 13.4. The van der Waals surface area contributed by atoms with E-state index in [9.17, 15) is 14.0 Å². The topological polar surface area (TPSA) is 87.7 Å². The molecular weight excluding hydrogens is 323 g/mol. The molecule has 0 aliphatic carbocycles. The highest BCUT2D eigenvalue weighted by atomic mass is 19.1. The average Bonchev–Trinajstić information content (AvgIpc) is 3.04. The first-order valence-corrected chi connectivity index (χ1v) is 7.59. The summed E-state index contributed by atoms with van der Waals surface area (Å²) in [6.45, 7) is 1.46. The number of aromatic nitrogens is 3. The Morgan fingerprint density at radius 2 is 1.68 bits per heavy atom. The molecular formula is C18H15FN4O2. The second-order valence-electron chi connectivity index (χ2n) is 5.50. The molecule has 0 atom stereocenters. The van der Waals surface area contributed by atoms with Gasteiger partial charge in [-0.05, 0) is 36.8 Å². The number of halogens is 1. The molecule has 0 bridgehead atoms. The smallest absolute Gasteiger partial charge is 0.258 e. The maximum Gasteiger partial charge on any atom is 0.258 e. The normalized spacial score (nSPS) is 10.5. The Labute approximate surface area is 143 Å². The average molecular weight is 338 g/mol. The number of hydrogen-bond acceptors (Lipinski definition) is 4. The highest BCUT2D eigenvalue weighted by molar-refractivity contribution is 6.04. The van der Waals surface area contributed by atoms with Crippen molar-refractivity contribution in [2.75, 3.05) is 5.32 Å². The fourth-order valence-electron chi connectivity index (χ4n) is 2.26. The number of nitrogens with zero attached hydrogens (tertiary/aromatic N) is 2. The second-order valence-corrected chi connectivity index (χ2v) is 5.50. The molecule has 0 spiro atoms. The third-order valence-electron chi connectivity index (χ3n) is 3.60. The summed E-state index contributed by atoms with van der Waals surface area (Å²) in [6, 6.07) is 12.4. The van der Waals surface area contributed by atoms with Crippen molar-refractivity contribution in [2.45, 2.75) is 13.3 Å². The Bertz CT molecular complexity index is 902. The van der Waals surface area contributed by atoms with E-state index in [0.29, 0.717) is 23.4 Å². The van der Waals surface area contributed by atoms with E-state index in [1.165, 1.54) is 19.1 Å². The van der Waals surface area contributed by atoms with Gasteiger partial charge in [0.25, 0.3) is 5.91 Å². The monoisotopic (exact) mass is 338 g/mol. The number of amides is 1. The Hall–Kier alpha value is -3.35. The number of aromatic amines is 1. The summed E-state index contributed by atoms with van der Waals surface area (Å²) in [5.74, 6) is -0.0366. The van der Waals surface area contributed by atoms with Crippen molar-refractivity contribution >= 4 is 17.6 Å². The predicted octanol–water partition coefficient (Wildman–Crippen LogP) is 2.99. The van der Waals surface area contributed by atoms with Gasteiger partial charge in [0.15, 0.2) is 5.78 Å². The molecule has 2 N–H and O–H groups in total. The Kier molecular flexibility index (Phi) is 4.65. The molecule has 0 fully saturated rings. The zero-order valence-corrected chi connectivity index (χ0v) is 13.4. The number of H-pyrrole nitrogens is 1. The fraction of sp³-hybridized carbons (Fsp3) is 0.111. The van der Waals surface area contributed by atoms with E-state index in [1.807, 2.05) is 0 Å². The minimum absolute atomic E-state index is 0.0636. The quantitative estimate of drug-likeness (QED) is 0.700. The number of hydrogen-bond donors (Lipinski definition) is 2. The van der Waals surface area contributed by atoms with Gasteiger partial charge in [-0.2, -0.15) is 4.98 Å². The number of carbonyl (C=O) groups is 2. The fourth-order valence-corrected chi connectivity index (χ4v) is 2.26. The van der Waals surface area contributed by atoms with Crippen LogP contribution >= 0.6 is 0 Å². The van der Waals surface area contributed by atoms with Crippen molar-refractivity contribution < 1.29 is 14.0 Å². The second kappa shape index (κ2) is 7.04. The molecule has 3 aromatic rings. The molecule has 0 aliphatic heterocycles. The first-order valence-electron chi connectivity index (χ1n) is 7.59. The van der Waals surface area contributed by atoms with Crippen molar-refractivity contribution in [1.29, 1.82) is 0 Å². The summed E-state index contributed by atoms with van der Waals surface area (Å²) < 4.78 is 12.9. The summed E-state index contributed by atoms with van der Waals surface area (Å²) in [4.78, 5) is 27.6. The van der Waals surface area contributed by atoms with Crippen LogP contribution in [0.2, 0.25) is 0 Å². The number of anilines is 1. The zero-order chi connectivity index (χ0) is 17.8. The van der Waals surface area contributed by atoms with Gasteiger partial charge >= 0.3 is 0 Å². The van der Waals surface area contributed by atoms with Crippen LogP contribution in [-0.2, 0) is 6.42 Å². The van der Waals surface area contributed by atoms with E-state index in [0.717, 1.165) is 5.56 Å². The largest absolute Gasteiger partial charge is 0.295 e. The molecule has 7 heteroatoms. The van der Waals surface area contributed by atoms with E-state index in [-0.39, 0.29) is 23.5 Å². The Morgan fingerprint density at radius 1 is 1.04 bits per heavy atom. The van der Waals surface area contributed by atoms with Crippen molar-refractivity contribution in [3.63, 3.8) is 0 Å². The van der Waals surface area contributed by atoms with Crippen LogP contribution in [0.25, 0.3) is 0 Å². The van der Waals surface area contributed by atoms with Crippen LogP contribution in [0, 0.1) is 5.82 Å². The predicted molar refractivity (Wildman–Crippen MR) is 90.0 cm³/mol. The summed E-state index contributed by atoms with van der Waals surface area (Å²) in [6.07, 6.45) is 0.441. The van der Waals surface area contributed by atoms with Gasteiger partial charge in [-0.1, -0.05) is 24.3 Å². The third kappa shape index (κ3) is 4.14. The van der Waals surface area contributed by atoms with E-state index in [4.69, 9.17) is 0 Å². The first kappa shape index (κ1) is 16.5. The van der Waals surface area contributed by atoms with Gasteiger partial charge in [0, 0.05) is 17.5 Å². The highest BCUT2D eigenvalue weighted by Crippen LogP contribution is 2.10. The van der Waals surface area contributed by atoms with Crippen LogP contribution in [0.15, 0.2) is 48.5 Å². The summed E-state index contributed by atoms with van der Waals surface area (Å²) >= 11 is 0. The van der Waals surface area contributed by atoms with Crippen molar-refractivity contribution in [2.24, 2.45) is 0 Å². The molecule has 0 radical (unpaired) electrons. The number of carbonyl (C=O) groups excluding carboxylic acids is 2. The lowest BCUT2D eigenvalue weighted by Crippen LogP contribution is -2.13. The number of benzene rings is 2. The summed E-state index contributed by atoms with van der Waals surface area (Å²) in [5, 5.41) is 9.27. The molecule has 0 saturated heterocycles. The molecule has 6 nitrogen and oxygen atoms in total. The molecule has 0 saturated carbocycles. The molecule has 0 unspecified atom stereocenters. The van der Waals surface area contributed by atoms with E-state index in [2.05, 4.69) is 20.5 Å². The van der Waals surface area contributed by atoms with Crippen molar-refractivity contribution in [1.82, 2.24) is 15.2 Å². The standard InChI is InChI=1S/C18H15FN4O2/c1-11(24)13-4-6-14(7-5-13)17(25)21-18-20-16(22-23-18)10-12-2-8-15(19)9-3-12/h2-9H,10H2,1H3,(H2,20,21,22,23,25). The maximum absolute atomic E-state index is 12.9.